The first-order valence-electron chi connectivity index (χ1n) is 2.22. The zero-order valence-corrected chi connectivity index (χ0v) is 4.53. The first-order valence-corrected chi connectivity index (χ1v) is 2.22. The molecule has 0 aromatic carbocycles. The molecular weight excluding hydrogens is 198 g/mol. The van der Waals surface area contributed by atoms with Crippen LogP contribution in [0, 0.1) is 0 Å². The molecule has 0 aromatic heterocycles. The third-order valence-corrected chi connectivity index (χ3v) is 0.805. The molecule has 0 aromatic rings. The predicted octanol–water partition coefficient (Wildman–Crippen LogP) is -2.14. The summed E-state index contributed by atoms with van der Waals surface area (Å²) in [5.74, 6) is -1.18. The Morgan fingerprint density at radius 1 is 1.67 bits per heavy atom. The van der Waals surface area contributed by atoms with Gasteiger partial charge in [-0.3, -0.25) is 4.79 Å². The zero-order chi connectivity index (χ0) is 6.73. The number of hydrogen-bond acceptors (Lipinski definition) is 3. The molecule has 0 amide bonds. The molecule has 4 nitrogen and oxygen atoms in total. The van der Waals surface area contributed by atoms with Gasteiger partial charge in [0.05, 0.1) is 6.10 Å². The summed E-state index contributed by atoms with van der Waals surface area (Å²) in [7, 11) is 0. The molecule has 0 aliphatic carbocycles. The monoisotopic (exact) mass is 209 g/mol. The van der Waals surface area contributed by atoms with E-state index in [1.54, 1.807) is 0 Å². The summed E-state index contributed by atoms with van der Waals surface area (Å²) in [4.78, 5) is 9.86. The number of nitrogens with two attached hydrogens (primary N) is 1. The van der Waals surface area contributed by atoms with E-state index in [0.29, 0.717) is 0 Å². The second-order valence-electron chi connectivity index (χ2n) is 1.60. The maximum atomic E-state index is 9.86. The average molecular weight is 209 g/mol. The summed E-state index contributed by atoms with van der Waals surface area (Å²) in [5.41, 5.74) is 4.91. The molecule has 0 heterocycles. The van der Waals surface area contributed by atoms with Crippen molar-refractivity contribution in [1.29, 1.82) is 0 Å². The van der Waals surface area contributed by atoms with Crippen molar-refractivity contribution in [2.24, 2.45) is 5.73 Å². The van der Waals surface area contributed by atoms with Gasteiger partial charge in [0, 0.05) is 0 Å². The van der Waals surface area contributed by atoms with Gasteiger partial charge in [-0.25, -0.2) is 0 Å². The van der Waals surface area contributed by atoms with Crippen molar-refractivity contribution >= 4 is 51.5 Å². The van der Waals surface area contributed by atoms with Crippen molar-refractivity contribution in [1.82, 2.24) is 0 Å². The van der Waals surface area contributed by atoms with Crippen LogP contribution in [0.3, 0.4) is 0 Å². The molecule has 0 aliphatic rings. The van der Waals surface area contributed by atoms with Gasteiger partial charge in [0.1, 0.15) is 6.04 Å². The summed E-state index contributed by atoms with van der Waals surface area (Å²) in [5, 5.41) is 16.6. The first kappa shape index (κ1) is 12.5. The Balaban J connectivity index is 0. The number of aliphatic carboxylic acids is 1. The van der Waals surface area contributed by atoms with Crippen molar-refractivity contribution in [3.05, 3.63) is 0 Å². The fraction of sp³-hybridized carbons (Fsp3) is 0.750. The van der Waals surface area contributed by atoms with Gasteiger partial charge in [-0.1, -0.05) is 0 Å². The molecule has 0 spiro atoms. The van der Waals surface area contributed by atoms with Crippen LogP contribution in [0.5, 0.6) is 0 Å². The number of aliphatic hydroxyl groups excluding tert-OH is 1. The van der Waals surface area contributed by atoms with Crippen LogP contribution in [0.15, 0.2) is 0 Å². The summed E-state index contributed by atoms with van der Waals surface area (Å²) in [6.07, 6.45) is -0.979. The van der Waals surface area contributed by atoms with Crippen LogP contribution in [0.4, 0.5) is 0 Å². The van der Waals surface area contributed by atoms with Gasteiger partial charge in [0.15, 0.2) is 0 Å². The van der Waals surface area contributed by atoms with E-state index < -0.39 is 18.1 Å². The molecule has 0 radical (unpaired) electrons. The summed E-state index contributed by atoms with van der Waals surface area (Å²) < 4.78 is 0. The van der Waals surface area contributed by atoms with Crippen molar-refractivity contribution < 1.29 is 15.0 Å². The van der Waals surface area contributed by atoms with Crippen LogP contribution < -0.4 is 5.73 Å². The molecule has 2 atom stereocenters. The van der Waals surface area contributed by atoms with Gasteiger partial charge >= 0.3 is 51.5 Å². The van der Waals surface area contributed by atoms with Crippen LogP contribution >= 0.6 is 0 Å². The molecule has 52 valence electrons. The van der Waals surface area contributed by atoms with E-state index in [4.69, 9.17) is 15.9 Å². The third kappa shape index (κ3) is 5.32. The molecule has 0 saturated carbocycles. The van der Waals surface area contributed by atoms with Crippen LogP contribution in [-0.2, 0) is 4.79 Å². The van der Waals surface area contributed by atoms with Crippen LogP contribution in [-0.4, -0.2) is 73.8 Å². The molecule has 0 rings (SSSR count). The fourth-order valence-electron chi connectivity index (χ4n) is 0.206. The topological polar surface area (TPSA) is 83.5 Å². The standard InChI is InChI=1S/C4H9NO3.Sr.2H/c1-2(6)3(5)4(7)8;;;/h2-3,6H,5H2,1H3,(H,7,8);;;. The molecule has 5 heteroatoms. The molecule has 0 bridgehead atoms. The van der Waals surface area contributed by atoms with Gasteiger partial charge in [-0.15, -0.1) is 0 Å². The van der Waals surface area contributed by atoms with Crippen molar-refractivity contribution in [3.8, 4) is 0 Å². The molecule has 2 unspecified atom stereocenters. The van der Waals surface area contributed by atoms with E-state index in [0.717, 1.165) is 0 Å². The quantitative estimate of drug-likeness (QED) is 0.453. The number of rotatable bonds is 2. The Kier molecular flexibility index (Phi) is 7.86. The maximum absolute atomic E-state index is 9.86. The second kappa shape index (κ2) is 5.64. The summed E-state index contributed by atoms with van der Waals surface area (Å²) in [6, 6.07) is -1.16. The summed E-state index contributed by atoms with van der Waals surface area (Å²) >= 11 is 0. The molecule has 0 aliphatic heterocycles. The van der Waals surface area contributed by atoms with Gasteiger partial charge in [0.2, 0.25) is 0 Å². The molecule has 4 N–H and O–H groups in total. The van der Waals surface area contributed by atoms with Crippen LogP contribution in [0.1, 0.15) is 6.92 Å². The van der Waals surface area contributed by atoms with E-state index in [9.17, 15) is 4.79 Å². The normalized spacial score (nSPS) is 15.4. The average Bonchev–Trinajstić information content (AvgIpc) is 1.64. The van der Waals surface area contributed by atoms with Gasteiger partial charge in [-0.2, -0.15) is 0 Å². The Morgan fingerprint density at radius 3 is 2.00 bits per heavy atom. The van der Waals surface area contributed by atoms with Crippen molar-refractivity contribution in [3.63, 3.8) is 0 Å². The van der Waals surface area contributed by atoms with Gasteiger partial charge < -0.3 is 15.9 Å². The number of carboxylic acids is 1. The number of carboxylic acid groups (broad SMARTS) is 1. The Bertz CT molecular complexity index is 95.8. The minimum atomic E-state index is -1.18. The number of aliphatic hydroxyl groups is 1. The van der Waals surface area contributed by atoms with E-state index in [-0.39, 0.29) is 45.5 Å². The minimum absolute atomic E-state index is 0. The predicted molar refractivity (Wildman–Crippen MR) is 35.8 cm³/mol. The first-order chi connectivity index (χ1) is 3.55. The Morgan fingerprint density at radius 2 is 2.00 bits per heavy atom. The zero-order valence-electron chi connectivity index (χ0n) is 4.53. The van der Waals surface area contributed by atoms with E-state index in [1.165, 1.54) is 6.92 Å². The molecular formula is C4H11NO3Sr. The van der Waals surface area contributed by atoms with E-state index in [2.05, 4.69) is 0 Å². The van der Waals surface area contributed by atoms with Crippen LogP contribution in [0.2, 0.25) is 0 Å². The molecule has 9 heavy (non-hydrogen) atoms. The fourth-order valence-corrected chi connectivity index (χ4v) is 0.206. The second-order valence-corrected chi connectivity index (χ2v) is 1.60. The van der Waals surface area contributed by atoms with Crippen molar-refractivity contribution in [2.75, 3.05) is 0 Å². The van der Waals surface area contributed by atoms with E-state index in [1.807, 2.05) is 0 Å². The molecule has 0 fully saturated rings. The number of hydrogen-bond donors (Lipinski definition) is 3. The van der Waals surface area contributed by atoms with Crippen LogP contribution in [0.25, 0.3) is 0 Å². The van der Waals surface area contributed by atoms with Crippen molar-refractivity contribution in [2.45, 2.75) is 19.1 Å². The SMILES string of the molecule is CC(O)C(N)C(=O)O.[SrH2]. The summed E-state index contributed by atoms with van der Waals surface area (Å²) in [6.45, 7) is 1.33. The van der Waals surface area contributed by atoms with Gasteiger partial charge in [-0.05, 0) is 6.92 Å². The Labute approximate surface area is 90.3 Å². The molecule has 0 saturated heterocycles. The number of carbonyl (C=O) groups is 1. The van der Waals surface area contributed by atoms with E-state index >= 15 is 0 Å². The van der Waals surface area contributed by atoms with Gasteiger partial charge in [0.25, 0.3) is 0 Å². The Hall–Kier alpha value is 0.871. The third-order valence-electron chi connectivity index (χ3n) is 0.805.